The van der Waals surface area contributed by atoms with Crippen LogP contribution in [-0.4, -0.2) is 11.5 Å². The summed E-state index contributed by atoms with van der Waals surface area (Å²) in [6.45, 7) is 5.78. The predicted octanol–water partition coefficient (Wildman–Crippen LogP) is 3.29. The quantitative estimate of drug-likeness (QED) is 0.837. The highest BCUT2D eigenvalue weighted by Crippen LogP contribution is 2.20. The van der Waals surface area contributed by atoms with E-state index in [-0.39, 0.29) is 0 Å². The van der Waals surface area contributed by atoms with Crippen LogP contribution in [0.25, 0.3) is 0 Å². The van der Waals surface area contributed by atoms with Gasteiger partial charge in [0.15, 0.2) is 0 Å². The van der Waals surface area contributed by atoms with Crippen molar-refractivity contribution in [3.8, 4) is 6.07 Å². The van der Waals surface area contributed by atoms with Gasteiger partial charge >= 0.3 is 0 Å². The Hall–Kier alpha value is -2.34. The molecule has 3 heteroatoms. The molecule has 2 rings (SSSR count). The smallest absolute Gasteiger partial charge is 0.0994 e. The number of pyridine rings is 1. The molecule has 2 aromatic rings. The molecule has 0 radical (unpaired) electrons. The first-order chi connectivity index (χ1) is 9.24. The van der Waals surface area contributed by atoms with Crippen molar-refractivity contribution < 1.29 is 0 Å². The average molecular weight is 251 g/mol. The van der Waals surface area contributed by atoms with Gasteiger partial charge in [-0.3, -0.25) is 4.98 Å². The lowest BCUT2D eigenvalue weighted by molar-refractivity contribution is 0.809. The second-order valence-electron chi connectivity index (χ2n) is 4.45. The molecular weight excluding hydrogens is 234 g/mol. The molecule has 1 aromatic heterocycles. The molecule has 0 spiro atoms. The van der Waals surface area contributed by atoms with Crippen LogP contribution in [0.15, 0.2) is 42.6 Å². The minimum Gasteiger partial charge on any atom is -0.366 e. The van der Waals surface area contributed by atoms with Gasteiger partial charge in [-0.1, -0.05) is 6.07 Å². The third-order valence-corrected chi connectivity index (χ3v) is 3.16. The Kier molecular flexibility index (Phi) is 4.15. The maximum absolute atomic E-state index is 8.97. The molecule has 1 heterocycles. The molecule has 19 heavy (non-hydrogen) atoms. The van der Waals surface area contributed by atoms with Crippen LogP contribution in [0.4, 0.5) is 5.69 Å². The summed E-state index contributed by atoms with van der Waals surface area (Å²) in [6.07, 6.45) is 1.81. The van der Waals surface area contributed by atoms with Gasteiger partial charge in [-0.05, 0) is 49.7 Å². The molecule has 0 amide bonds. The maximum atomic E-state index is 8.97. The topological polar surface area (TPSA) is 39.9 Å². The van der Waals surface area contributed by atoms with Crippen LogP contribution < -0.4 is 4.90 Å². The zero-order chi connectivity index (χ0) is 13.7. The van der Waals surface area contributed by atoms with Crippen LogP contribution in [0.1, 0.15) is 23.7 Å². The number of nitriles is 1. The minimum atomic E-state index is 0.734. The van der Waals surface area contributed by atoms with Crippen molar-refractivity contribution in [1.82, 2.24) is 4.98 Å². The molecule has 1 aromatic carbocycles. The molecule has 0 atom stereocenters. The van der Waals surface area contributed by atoms with Crippen molar-refractivity contribution in [2.24, 2.45) is 0 Å². The van der Waals surface area contributed by atoms with Crippen LogP contribution in [0.2, 0.25) is 0 Å². The summed E-state index contributed by atoms with van der Waals surface area (Å²) < 4.78 is 0. The first-order valence-electron chi connectivity index (χ1n) is 6.40. The SMILES string of the molecule is CCN(Cc1ccccn1)c1ccc(C#N)c(C)c1. The number of hydrogen-bond donors (Lipinski definition) is 0. The summed E-state index contributed by atoms with van der Waals surface area (Å²) in [5.41, 5.74) is 3.92. The Bertz CT molecular complexity index is 585. The van der Waals surface area contributed by atoms with Gasteiger partial charge in [-0.15, -0.1) is 0 Å². The van der Waals surface area contributed by atoms with Crippen molar-refractivity contribution >= 4 is 5.69 Å². The number of hydrogen-bond acceptors (Lipinski definition) is 3. The van der Waals surface area contributed by atoms with Crippen molar-refractivity contribution in [2.45, 2.75) is 20.4 Å². The largest absolute Gasteiger partial charge is 0.366 e. The van der Waals surface area contributed by atoms with Gasteiger partial charge in [0, 0.05) is 18.4 Å². The second kappa shape index (κ2) is 6.01. The second-order valence-corrected chi connectivity index (χ2v) is 4.45. The number of aryl methyl sites for hydroxylation is 1. The average Bonchev–Trinajstić information content (AvgIpc) is 2.46. The summed E-state index contributed by atoms with van der Waals surface area (Å²) in [5.74, 6) is 0. The first-order valence-corrected chi connectivity index (χ1v) is 6.40. The predicted molar refractivity (Wildman–Crippen MR) is 76.9 cm³/mol. The number of aromatic nitrogens is 1. The van der Waals surface area contributed by atoms with Crippen molar-refractivity contribution in [3.05, 3.63) is 59.4 Å². The highest BCUT2D eigenvalue weighted by atomic mass is 15.1. The van der Waals surface area contributed by atoms with Crippen molar-refractivity contribution in [1.29, 1.82) is 5.26 Å². The molecule has 0 aliphatic rings. The minimum absolute atomic E-state index is 0.734. The Morgan fingerprint density at radius 2 is 2.11 bits per heavy atom. The van der Waals surface area contributed by atoms with Gasteiger partial charge in [0.1, 0.15) is 0 Å². The third kappa shape index (κ3) is 3.11. The standard InChI is InChI=1S/C16H17N3/c1-3-19(12-15-6-4-5-9-18-15)16-8-7-14(11-17)13(2)10-16/h4-10H,3,12H2,1-2H3. The van der Waals surface area contributed by atoms with E-state index in [9.17, 15) is 0 Å². The summed E-state index contributed by atoms with van der Waals surface area (Å²) in [7, 11) is 0. The van der Waals surface area contributed by atoms with Crippen LogP contribution in [0.5, 0.6) is 0 Å². The Labute approximate surface area is 114 Å². The van der Waals surface area contributed by atoms with Gasteiger partial charge in [0.25, 0.3) is 0 Å². The molecule has 0 bridgehead atoms. The van der Waals surface area contributed by atoms with Gasteiger partial charge in [0.05, 0.1) is 23.9 Å². The molecule has 3 nitrogen and oxygen atoms in total. The van der Waals surface area contributed by atoms with Gasteiger partial charge < -0.3 is 4.90 Å². The number of anilines is 1. The van der Waals surface area contributed by atoms with E-state index in [4.69, 9.17) is 5.26 Å². The fourth-order valence-electron chi connectivity index (χ4n) is 2.04. The summed E-state index contributed by atoms with van der Waals surface area (Å²) in [4.78, 5) is 6.60. The van der Waals surface area contributed by atoms with E-state index in [1.165, 1.54) is 0 Å². The number of nitrogens with zero attached hydrogens (tertiary/aromatic N) is 3. The Balaban J connectivity index is 2.23. The normalized spacial score (nSPS) is 9.95. The molecule has 0 fully saturated rings. The Morgan fingerprint density at radius 3 is 2.68 bits per heavy atom. The van der Waals surface area contributed by atoms with Crippen LogP contribution in [0.3, 0.4) is 0 Å². The fourth-order valence-corrected chi connectivity index (χ4v) is 2.04. The van der Waals surface area contributed by atoms with Gasteiger partial charge in [-0.2, -0.15) is 5.26 Å². The molecule has 0 aliphatic heterocycles. The highest BCUT2D eigenvalue weighted by molar-refractivity contribution is 5.53. The third-order valence-electron chi connectivity index (χ3n) is 3.16. The summed E-state index contributed by atoms with van der Waals surface area (Å²) >= 11 is 0. The van der Waals surface area contributed by atoms with Crippen LogP contribution >= 0.6 is 0 Å². The zero-order valence-electron chi connectivity index (χ0n) is 11.3. The molecule has 0 N–H and O–H groups in total. The van der Waals surface area contributed by atoms with E-state index >= 15 is 0 Å². The first kappa shape index (κ1) is 13.1. The highest BCUT2D eigenvalue weighted by Gasteiger charge is 2.07. The van der Waals surface area contributed by atoms with Crippen LogP contribution in [-0.2, 0) is 6.54 Å². The maximum Gasteiger partial charge on any atom is 0.0994 e. The summed E-state index contributed by atoms with van der Waals surface area (Å²) in [5, 5.41) is 8.97. The lowest BCUT2D eigenvalue weighted by atomic mass is 10.1. The lowest BCUT2D eigenvalue weighted by Crippen LogP contribution is -2.22. The van der Waals surface area contributed by atoms with E-state index in [1.807, 2.05) is 43.5 Å². The van der Waals surface area contributed by atoms with Crippen molar-refractivity contribution in [2.75, 3.05) is 11.4 Å². The van der Waals surface area contributed by atoms with E-state index in [1.54, 1.807) is 0 Å². The van der Waals surface area contributed by atoms with E-state index in [0.29, 0.717) is 0 Å². The van der Waals surface area contributed by atoms with E-state index in [2.05, 4.69) is 28.9 Å². The molecule has 96 valence electrons. The van der Waals surface area contributed by atoms with E-state index in [0.717, 1.165) is 35.6 Å². The zero-order valence-corrected chi connectivity index (χ0v) is 11.3. The monoisotopic (exact) mass is 251 g/mol. The molecule has 0 saturated heterocycles. The van der Waals surface area contributed by atoms with Crippen LogP contribution in [0, 0.1) is 18.3 Å². The molecule has 0 saturated carbocycles. The van der Waals surface area contributed by atoms with Gasteiger partial charge in [0.2, 0.25) is 0 Å². The Morgan fingerprint density at radius 1 is 1.26 bits per heavy atom. The number of benzene rings is 1. The molecule has 0 aliphatic carbocycles. The van der Waals surface area contributed by atoms with Crippen molar-refractivity contribution in [3.63, 3.8) is 0 Å². The molecular formula is C16H17N3. The van der Waals surface area contributed by atoms with Gasteiger partial charge in [-0.25, -0.2) is 0 Å². The summed E-state index contributed by atoms with van der Waals surface area (Å²) in [6, 6.07) is 14.1. The van der Waals surface area contributed by atoms with E-state index < -0.39 is 0 Å². The lowest BCUT2D eigenvalue weighted by Gasteiger charge is -2.23. The molecule has 0 unspecified atom stereocenters. The fraction of sp³-hybridized carbons (Fsp3) is 0.250. The number of rotatable bonds is 4.